The van der Waals surface area contributed by atoms with Gasteiger partial charge in [0.05, 0.1) is 11.5 Å². The predicted octanol–water partition coefficient (Wildman–Crippen LogP) is 3.26. The van der Waals surface area contributed by atoms with Crippen LogP contribution in [0.5, 0.6) is 5.75 Å². The van der Waals surface area contributed by atoms with Gasteiger partial charge >= 0.3 is 0 Å². The molecule has 1 aliphatic rings. The summed E-state index contributed by atoms with van der Waals surface area (Å²) in [7, 11) is -3.62. The minimum Gasteiger partial charge on any atom is -0.494 e. The molecule has 168 valence electrons. The van der Waals surface area contributed by atoms with Gasteiger partial charge in [-0.15, -0.1) is 0 Å². The van der Waals surface area contributed by atoms with Crippen LogP contribution < -0.4 is 9.46 Å². The summed E-state index contributed by atoms with van der Waals surface area (Å²) in [6.45, 7) is 4.47. The number of carbonyl (C=O) groups excluding carboxylic acids is 1. The second-order valence-electron chi connectivity index (χ2n) is 8.04. The molecule has 3 aromatic rings. The Morgan fingerprint density at radius 1 is 1.19 bits per heavy atom. The van der Waals surface area contributed by atoms with Gasteiger partial charge in [0.1, 0.15) is 5.75 Å². The molecule has 4 rings (SSSR count). The zero-order valence-corrected chi connectivity index (χ0v) is 18.8. The van der Waals surface area contributed by atoms with E-state index in [4.69, 9.17) is 4.74 Å². The first kappa shape index (κ1) is 22.4. The Morgan fingerprint density at radius 3 is 2.78 bits per heavy atom. The van der Waals surface area contributed by atoms with Crippen molar-refractivity contribution in [1.29, 1.82) is 0 Å². The Hall–Kier alpha value is -2.81. The normalized spacial score (nSPS) is 17.0. The second kappa shape index (κ2) is 9.77. The van der Waals surface area contributed by atoms with Crippen molar-refractivity contribution >= 4 is 26.6 Å². The van der Waals surface area contributed by atoms with Gasteiger partial charge in [0, 0.05) is 47.9 Å². The predicted molar refractivity (Wildman–Crippen MR) is 123 cm³/mol. The van der Waals surface area contributed by atoms with Crippen molar-refractivity contribution in [1.82, 2.24) is 14.6 Å². The first-order chi connectivity index (χ1) is 15.4. The van der Waals surface area contributed by atoms with Crippen LogP contribution in [0, 0.1) is 0 Å². The van der Waals surface area contributed by atoms with Crippen molar-refractivity contribution in [2.45, 2.75) is 30.7 Å². The van der Waals surface area contributed by atoms with E-state index >= 15 is 0 Å². The summed E-state index contributed by atoms with van der Waals surface area (Å²) >= 11 is 0. The quantitative estimate of drug-likeness (QED) is 0.395. The van der Waals surface area contributed by atoms with E-state index in [0.717, 1.165) is 37.1 Å². The minimum atomic E-state index is -3.62. The summed E-state index contributed by atoms with van der Waals surface area (Å²) in [6.07, 6.45) is 4.90. The van der Waals surface area contributed by atoms with Crippen molar-refractivity contribution in [2.75, 3.05) is 26.2 Å². The van der Waals surface area contributed by atoms with Crippen LogP contribution in [0.25, 0.3) is 10.8 Å². The number of Topliss-reactive ketones (excluding diaryl/α,β-unsaturated/α-hetero) is 1. The fraction of sp³-hybridized carbons (Fsp3) is 0.333. The molecule has 0 saturated carbocycles. The number of ether oxygens (including phenoxy) is 1. The third-order valence-electron chi connectivity index (χ3n) is 5.67. The monoisotopic (exact) mass is 453 g/mol. The molecule has 7 nitrogen and oxygen atoms in total. The van der Waals surface area contributed by atoms with E-state index in [9.17, 15) is 13.2 Å². The van der Waals surface area contributed by atoms with Crippen LogP contribution in [-0.2, 0) is 10.0 Å². The van der Waals surface area contributed by atoms with Crippen molar-refractivity contribution in [3.8, 4) is 5.75 Å². The number of ketones is 1. The van der Waals surface area contributed by atoms with E-state index in [1.165, 1.54) is 0 Å². The molecule has 0 spiro atoms. The van der Waals surface area contributed by atoms with Gasteiger partial charge in [-0.3, -0.25) is 9.78 Å². The third-order valence-corrected chi connectivity index (χ3v) is 7.25. The Bertz CT molecular complexity index is 1190. The minimum absolute atomic E-state index is 0.0354. The number of benzene rings is 2. The van der Waals surface area contributed by atoms with Crippen molar-refractivity contribution in [3.63, 3.8) is 0 Å². The summed E-state index contributed by atoms with van der Waals surface area (Å²) in [5, 5.41) is 1.48. The molecule has 1 saturated heterocycles. The molecular weight excluding hydrogens is 426 g/mol. The lowest BCUT2D eigenvalue weighted by molar-refractivity contribution is 0.101. The van der Waals surface area contributed by atoms with Gasteiger partial charge in [-0.1, -0.05) is 12.1 Å². The number of nitrogens with zero attached hydrogens (tertiary/aromatic N) is 2. The largest absolute Gasteiger partial charge is 0.494 e. The maximum absolute atomic E-state index is 13.0. The molecule has 1 N–H and O–H groups in total. The van der Waals surface area contributed by atoms with Crippen molar-refractivity contribution < 1.29 is 17.9 Å². The first-order valence-electron chi connectivity index (χ1n) is 10.7. The highest BCUT2D eigenvalue weighted by molar-refractivity contribution is 7.89. The molecule has 0 amide bonds. The van der Waals surface area contributed by atoms with Crippen LogP contribution >= 0.6 is 0 Å². The number of fused-ring (bicyclic) bond motifs is 1. The molecule has 1 atom stereocenters. The van der Waals surface area contributed by atoms with Gasteiger partial charge < -0.3 is 9.64 Å². The number of sulfonamides is 1. The molecule has 2 heterocycles. The lowest BCUT2D eigenvalue weighted by Crippen LogP contribution is -2.37. The Labute approximate surface area is 188 Å². The fourth-order valence-corrected chi connectivity index (χ4v) is 5.50. The highest BCUT2D eigenvalue weighted by Crippen LogP contribution is 2.23. The van der Waals surface area contributed by atoms with Crippen LogP contribution in [-0.4, -0.2) is 56.4 Å². The van der Waals surface area contributed by atoms with Gasteiger partial charge in [0.2, 0.25) is 10.0 Å². The van der Waals surface area contributed by atoms with Gasteiger partial charge in [0.15, 0.2) is 5.78 Å². The van der Waals surface area contributed by atoms with Crippen LogP contribution in [0.4, 0.5) is 0 Å². The molecule has 0 bridgehead atoms. The van der Waals surface area contributed by atoms with Gasteiger partial charge in [-0.25, -0.2) is 13.1 Å². The highest BCUT2D eigenvalue weighted by Gasteiger charge is 2.27. The summed E-state index contributed by atoms with van der Waals surface area (Å²) in [6, 6.07) is 14.0. The molecule has 0 aliphatic carbocycles. The van der Waals surface area contributed by atoms with Crippen LogP contribution in [0.15, 0.2) is 65.8 Å². The van der Waals surface area contributed by atoms with E-state index in [0.29, 0.717) is 29.0 Å². The number of carbonyl (C=O) groups is 1. The molecule has 8 heteroatoms. The fourth-order valence-electron chi connectivity index (χ4n) is 4.01. The van der Waals surface area contributed by atoms with Gasteiger partial charge in [-0.2, -0.15) is 0 Å². The average molecular weight is 454 g/mol. The van der Waals surface area contributed by atoms with Crippen LogP contribution in [0.1, 0.15) is 30.1 Å². The standard InChI is InChI=1S/C24H27N3O4S/c1-18(28)19-6-8-22(9-7-19)31-15-3-13-27-14-11-21(17-27)26-32(29,30)24-5-2-4-20-16-25-12-10-23(20)24/h2,4-10,12,16,21,26H,3,11,13-15,17H2,1H3/t21-/m1/s1. The van der Waals surface area contributed by atoms with Crippen LogP contribution in [0.3, 0.4) is 0 Å². The highest BCUT2D eigenvalue weighted by atomic mass is 32.2. The SMILES string of the molecule is CC(=O)c1ccc(OCCCN2CC[C@@H](NS(=O)(=O)c3cccc4cnccc34)C2)cc1. The van der Waals surface area contributed by atoms with E-state index in [2.05, 4.69) is 14.6 Å². The zero-order valence-electron chi connectivity index (χ0n) is 18.0. The number of likely N-dealkylation sites (tertiary alicyclic amines) is 1. The number of hydrogen-bond donors (Lipinski definition) is 1. The molecule has 0 unspecified atom stereocenters. The summed E-state index contributed by atoms with van der Waals surface area (Å²) in [4.78, 5) is 17.9. The molecule has 2 aromatic carbocycles. The Kier molecular flexibility index (Phi) is 6.83. The molecule has 32 heavy (non-hydrogen) atoms. The molecule has 1 aliphatic heterocycles. The smallest absolute Gasteiger partial charge is 0.241 e. The van der Waals surface area contributed by atoms with Crippen LogP contribution in [0.2, 0.25) is 0 Å². The number of hydrogen-bond acceptors (Lipinski definition) is 6. The number of aromatic nitrogens is 1. The Morgan fingerprint density at radius 2 is 2.00 bits per heavy atom. The van der Waals surface area contributed by atoms with E-state index < -0.39 is 10.0 Å². The van der Waals surface area contributed by atoms with Gasteiger partial charge in [-0.05, 0) is 62.7 Å². The van der Waals surface area contributed by atoms with Crippen molar-refractivity contribution in [3.05, 3.63) is 66.5 Å². The molecule has 0 radical (unpaired) electrons. The lowest BCUT2D eigenvalue weighted by atomic mass is 10.1. The van der Waals surface area contributed by atoms with E-state index in [-0.39, 0.29) is 11.8 Å². The third kappa shape index (κ3) is 5.32. The molecular formula is C24H27N3O4S. The Balaban J connectivity index is 1.26. The number of rotatable bonds is 9. The maximum atomic E-state index is 13.0. The first-order valence-corrected chi connectivity index (χ1v) is 12.2. The van der Waals surface area contributed by atoms with E-state index in [1.54, 1.807) is 61.8 Å². The zero-order chi connectivity index (χ0) is 22.6. The summed E-state index contributed by atoms with van der Waals surface area (Å²) in [5.74, 6) is 0.778. The summed E-state index contributed by atoms with van der Waals surface area (Å²) < 4.78 is 34.6. The molecule has 1 aromatic heterocycles. The van der Waals surface area contributed by atoms with E-state index in [1.807, 2.05) is 6.07 Å². The van der Waals surface area contributed by atoms with Gasteiger partial charge in [0.25, 0.3) is 0 Å². The molecule has 1 fully saturated rings. The maximum Gasteiger partial charge on any atom is 0.241 e. The average Bonchev–Trinajstić information content (AvgIpc) is 3.23. The number of pyridine rings is 1. The lowest BCUT2D eigenvalue weighted by Gasteiger charge is -2.17. The van der Waals surface area contributed by atoms with Crippen molar-refractivity contribution in [2.24, 2.45) is 0 Å². The topological polar surface area (TPSA) is 88.6 Å². The number of nitrogens with one attached hydrogen (secondary N) is 1. The second-order valence-corrected chi connectivity index (χ2v) is 9.73. The summed E-state index contributed by atoms with van der Waals surface area (Å²) in [5.41, 5.74) is 0.670.